The summed E-state index contributed by atoms with van der Waals surface area (Å²) in [6.45, 7) is 6.41. The van der Waals surface area contributed by atoms with Gasteiger partial charge in [0.05, 0.1) is 11.4 Å². The standard InChI is InChI=1S/C14H18N2O/c1-9(2)16-12-8-10(3)4-5-11(12)15-13(17)14(16)6-7-14/h4-5,8-9H,6-7H2,1-3H3,(H,15,17). The van der Waals surface area contributed by atoms with E-state index in [1.54, 1.807) is 0 Å². The number of hydrogen-bond donors (Lipinski definition) is 1. The summed E-state index contributed by atoms with van der Waals surface area (Å²) in [7, 11) is 0. The third-order valence-corrected chi connectivity index (χ3v) is 3.78. The van der Waals surface area contributed by atoms with Crippen molar-refractivity contribution in [1.82, 2.24) is 0 Å². The summed E-state index contributed by atoms with van der Waals surface area (Å²) in [5.41, 5.74) is 3.11. The van der Waals surface area contributed by atoms with Crippen molar-refractivity contribution in [1.29, 1.82) is 0 Å². The van der Waals surface area contributed by atoms with Crippen molar-refractivity contribution >= 4 is 17.3 Å². The van der Waals surface area contributed by atoms with E-state index in [4.69, 9.17) is 0 Å². The molecule has 3 heteroatoms. The minimum atomic E-state index is -0.255. The normalized spacial score (nSPS) is 20.5. The summed E-state index contributed by atoms with van der Waals surface area (Å²) in [5, 5.41) is 3.04. The van der Waals surface area contributed by atoms with E-state index in [-0.39, 0.29) is 11.4 Å². The van der Waals surface area contributed by atoms with Gasteiger partial charge >= 0.3 is 0 Å². The van der Waals surface area contributed by atoms with Crippen LogP contribution in [-0.4, -0.2) is 17.5 Å². The molecule has 3 rings (SSSR count). The molecule has 17 heavy (non-hydrogen) atoms. The number of amides is 1. The first-order chi connectivity index (χ1) is 8.04. The van der Waals surface area contributed by atoms with Crippen LogP contribution in [0.5, 0.6) is 0 Å². The Hall–Kier alpha value is -1.51. The van der Waals surface area contributed by atoms with Gasteiger partial charge in [0, 0.05) is 6.04 Å². The molecule has 1 spiro atoms. The molecule has 1 fully saturated rings. The number of aryl methyl sites for hydroxylation is 1. The van der Waals surface area contributed by atoms with E-state index in [0.29, 0.717) is 6.04 Å². The number of carbonyl (C=O) groups excluding carboxylic acids is 1. The first-order valence-corrected chi connectivity index (χ1v) is 6.26. The molecule has 1 aliphatic heterocycles. The van der Waals surface area contributed by atoms with Crippen molar-refractivity contribution in [3.05, 3.63) is 23.8 Å². The van der Waals surface area contributed by atoms with Gasteiger partial charge in [-0.15, -0.1) is 0 Å². The number of benzene rings is 1. The third-order valence-electron chi connectivity index (χ3n) is 3.78. The predicted molar refractivity (Wildman–Crippen MR) is 69.4 cm³/mol. The molecule has 1 amide bonds. The van der Waals surface area contributed by atoms with Gasteiger partial charge in [-0.25, -0.2) is 0 Å². The smallest absolute Gasteiger partial charge is 0.250 e. The minimum Gasteiger partial charge on any atom is -0.353 e. The molecule has 3 nitrogen and oxygen atoms in total. The van der Waals surface area contributed by atoms with Gasteiger partial charge in [0.15, 0.2) is 0 Å². The maximum absolute atomic E-state index is 12.2. The van der Waals surface area contributed by atoms with Crippen LogP contribution in [0.25, 0.3) is 0 Å². The topological polar surface area (TPSA) is 32.3 Å². The Balaban J connectivity index is 2.16. The van der Waals surface area contributed by atoms with Crippen molar-refractivity contribution in [3.63, 3.8) is 0 Å². The monoisotopic (exact) mass is 230 g/mol. The largest absolute Gasteiger partial charge is 0.353 e. The highest BCUT2D eigenvalue weighted by Crippen LogP contribution is 2.51. The molecule has 0 unspecified atom stereocenters. The summed E-state index contributed by atoms with van der Waals surface area (Å²) < 4.78 is 0. The number of fused-ring (bicyclic) bond motifs is 1. The molecule has 1 N–H and O–H groups in total. The number of rotatable bonds is 1. The molecule has 1 aliphatic carbocycles. The Morgan fingerprint density at radius 1 is 1.35 bits per heavy atom. The SMILES string of the molecule is Cc1ccc2c(c1)N(C(C)C)C1(CC1)C(=O)N2. The van der Waals surface area contributed by atoms with Crippen LogP contribution in [0.2, 0.25) is 0 Å². The van der Waals surface area contributed by atoms with E-state index in [2.05, 4.69) is 37.1 Å². The van der Waals surface area contributed by atoms with Gasteiger partial charge in [-0.1, -0.05) is 6.07 Å². The first kappa shape index (κ1) is 10.6. The van der Waals surface area contributed by atoms with Crippen molar-refractivity contribution in [2.45, 2.75) is 45.2 Å². The number of nitrogens with one attached hydrogen (secondary N) is 1. The van der Waals surface area contributed by atoms with Crippen molar-refractivity contribution in [2.75, 3.05) is 10.2 Å². The minimum absolute atomic E-state index is 0.169. The molecule has 0 saturated heterocycles. The van der Waals surface area contributed by atoms with Crippen LogP contribution in [0.3, 0.4) is 0 Å². The Morgan fingerprint density at radius 2 is 2.06 bits per heavy atom. The summed E-state index contributed by atoms with van der Waals surface area (Å²) in [6.07, 6.45) is 1.95. The maximum atomic E-state index is 12.2. The number of nitrogens with zero attached hydrogens (tertiary/aromatic N) is 1. The van der Waals surface area contributed by atoms with E-state index in [1.165, 1.54) is 11.3 Å². The first-order valence-electron chi connectivity index (χ1n) is 6.26. The molecular formula is C14H18N2O. The predicted octanol–water partition coefficient (Wildman–Crippen LogP) is 2.69. The van der Waals surface area contributed by atoms with E-state index < -0.39 is 0 Å². The van der Waals surface area contributed by atoms with Crippen LogP contribution in [0.4, 0.5) is 11.4 Å². The van der Waals surface area contributed by atoms with Crippen LogP contribution in [0.15, 0.2) is 18.2 Å². The van der Waals surface area contributed by atoms with Crippen LogP contribution in [0.1, 0.15) is 32.3 Å². The van der Waals surface area contributed by atoms with E-state index >= 15 is 0 Å². The van der Waals surface area contributed by atoms with E-state index in [9.17, 15) is 4.79 Å². The number of hydrogen-bond acceptors (Lipinski definition) is 2. The molecule has 1 aromatic rings. The van der Waals surface area contributed by atoms with Gasteiger partial charge in [-0.3, -0.25) is 4.79 Å². The summed E-state index contributed by atoms with van der Waals surface area (Å²) in [6, 6.07) is 6.58. The van der Waals surface area contributed by atoms with Gasteiger partial charge < -0.3 is 10.2 Å². The van der Waals surface area contributed by atoms with Crippen LogP contribution >= 0.6 is 0 Å². The van der Waals surface area contributed by atoms with E-state index in [1.807, 2.05) is 12.1 Å². The molecule has 0 atom stereocenters. The number of carbonyl (C=O) groups is 1. The third kappa shape index (κ3) is 1.38. The molecule has 1 saturated carbocycles. The second kappa shape index (κ2) is 3.25. The Morgan fingerprint density at radius 3 is 2.65 bits per heavy atom. The zero-order chi connectivity index (χ0) is 12.2. The van der Waals surface area contributed by atoms with Crippen molar-refractivity contribution < 1.29 is 4.79 Å². The summed E-state index contributed by atoms with van der Waals surface area (Å²) >= 11 is 0. The highest BCUT2D eigenvalue weighted by Gasteiger charge is 2.58. The fourth-order valence-electron chi connectivity index (χ4n) is 2.88. The molecule has 90 valence electrons. The van der Waals surface area contributed by atoms with Crippen molar-refractivity contribution in [3.8, 4) is 0 Å². The lowest BCUT2D eigenvalue weighted by atomic mass is 10.0. The van der Waals surface area contributed by atoms with Gasteiger partial charge in [-0.2, -0.15) is 0 Å². The Bertz CT molecular complexity index is 489. The van der Waals surface area contributed by atoms with Crippen molar-refractivity contribution in [2.24, 2.45) is 0 Å². The number of anilines is 2. The van der Waals surface area contributed by atoms with Gasteiger partial charge in [0.25, 0.3) is 0 Å². The second-order valence-electron chi connectivity index (χ2n) is 5.47. The Labute approximate surface area is 102 Å². The summed E-state index contributed by atoms with van der Waals surface area (Å²) in [5.74, 6) is 0.169. The van der Waals surface area contributed by atoms with E-state index in [0.717, 1.165) is 18.5 Å². The fraction of sp³-hybridized carbons (Fsp3) is 0.500. The average molecular weight is 230 g/mol. The molecule has 1 heterocycles. The lowest BCUT2D eigenvalue weighted by Gasteiger charge is -2.41. The zero-order valence-corrected chi connectivity index (χ0v) is 10.6. The zero-order valence-electron chi connectivity index (χ0n) is 10.6. The van der Waals surface area contributed by atoms with Crippen LogP contribution < -0.4 is 10.2 Å². The lowest BCUT2D eigenvalue weighted by molar-refractivity contribution is -0.118. The quantitative estimate of drug-likeness (QED) is 0.804. The average Bonchev–Trinajstić information content (AvgIpc) is 3.02. The molecule has 0 radical (unpaired) electrons. The van der Waals surface area contributed by atoms with Gasteiger partial charge in [0.2, 0.25) is 5.91 Å². The molecule has 1 aromatic carbocycles. The Kier molecular flexibility index (Phi) is 2.03. The van der Waals surface area contributed by atoms with Crippen LogP contribution in [-0.2, 0) is 4.79 Å². The molecule has 2 aliphatic rings. The molecule has 0 aromatic heterocycles. The lowest BCUT2D eigenvalue weighted by Crippen LogP contribution is -2.53. The van der Waals surface area contributed by atoms with Gasteiger partial charge in [-0.05, 0) is 51.3 Å². The summed E-state index contributed by atoms with van der Waals surface area (Å²) in [4.78, 5) is 14.5. The fourth-order valence-corrected chi connectivity index (χ4v) is 2.88. The highest BCUT2D eigenvalue weighted by atomic mass is 16.2. The second-order valence-corrected chi connectivity index (χ2v) is 5.47. The highest BCUT2D eigenvalue weighted by molar-refractivity contribution is 6.08. The maximum Gasteiger partial charge on any atom is 0.250 e. The van der Waals surface area contributed by atoms with Gasteiger partial charge in [0.1, 0.15) is 5.54 Å². The van der Waals surface area contributed by atoms with Crippen LogP contribution in [0, 0.1) is 6.92 Å². The molecular weight excluding hydrogens is 212 g/mol. The molecule has 0 bridgehead atoms.